The number of likely N-dealkylation sites (N-methyl/N-ethyl adjacent to an activating group) is 1. The van der Waals surface area contributed by atoms with E-state index in [0.29, 0.717) is 37.4 Å². The molecule has 0 spiro atoms. The molecule has 1 atom stereocenters. The number of amides is 1. The van der Waals surface area contributed by atoms with Crippen LogP contribution < -0.4 is 4.74 Å². The molecular formula is C18H27N3O3. The van der Waals surface area contributed by atoms with Crippen LogP contribution in [0.15, 0.2) is 24.3 Å². The molecule has 2 fully saturated rings. The van der Waals surface area contributed by atoms with E-state index in [0.717, 1.165) is 26.2 Å². The molecule has 6 heteroatoms. The maximum atomic E-state index is 12.7. The van der Waals surface area contributed by atoms with Crippen LogP contribution in [0.1, 0.15) is 16.8 Å². The van der Waals surface area contributed by atoms with E-state index in [-0.39, 0.29) is 5.91 Å². The van der Waals surface area contributed by atoms with Gasteiger partial charge in [0.25, 0.3) is 5.91 Å². The summed E-state index contributed by atoms with van der Waals surface area (Å²) in [5, 5.41) is 10.9. The summed E-state index contributed by atoms with van der Waals surface area (Å²) in [4.78, 5) is 19.0. The fourth-order valence-electron chi connectivity index (χ4n) is 3.52. The lowest BCUT2D eigenvalue weighted by atomic mass is 10.0. The predicted octanol–water partition coefficient (Wildman–Crippen LogP) is 0.520. The predicted molar refractivity (Wildman–Crippen MR) is 92.4 cm³/mol. The van der Waals surface area contributed by atoms with Gasteiger partial charge in [-0.05, 0) is 31.7 Å². The quantitative estimate of drug-likeness (QED) is 0.871. The third-order valence-corrected chi connectivity index (χ3v) is 5.05. The minimum absolute atomic E-state index is 0.0387. The number of ether oxygens (including phenoxy) is 1. The van der Waals surface area contributed by atoms with E-state index in [1.165, 1.54) is 0 Å². The van der Waals surface area contributed by atoms with Crippen LogP contribution in [0.25, 0.3) is 0 Å². The number of hydrogen-bond acceptors (Lipinski definition) is 5. The van der Waals surface area contributed by atoms with Crippen LogP contribution in [0.2, 0.25) is 0 Å². The Morgan fingerprint density at radius 1 is 1.25 bits per heavy atom. The number of benzene rings is 1. The molecule has 2 aliphatic heterocycles. The SMILES string of the molecule is COc1cccc(C(=O)N2CC[C@@](O)(CN3CCN(C)CC3)C2)c1. The zero-order chi connectivity index (χ0) is 17.2. The topological polar surface area (TPSA) is 56.2 Å². The Kier molecular flexibility index (Phi) is 5.08. The van der Waals surface area contributed by atoms with Crippen molar-refractivity contribution >= 4 is 5.91 Å². The Bertz CT molecular complexity index is 587. The summed E-state index contributed by atoms with van der Waals surface area (Å²) >= 11 is 0. The maximum Gasteiger partial charge on any atom is 0.254 e. The van der Waals surface area contributed by atoms with Crippen LogP contribution in [0.4, 0.5) is 0 Å². The Hall–Kier alpha value is -1.63. The van der Waals surface area contributed by atoms with Crippen molar-refractivity contribution in [1.82, 2.24) is 14.7 Å². The number of rotatable bonds is 4. The van der Waals surface area contributed by atoms with Gasteiger partial charge in [-0.25, -0.2) is 0 Å². The number of hydrogen-bond donors (Lipinski definition) is 1. The molecule has 1 aromatic rings. The number of piperazine rings is 1. The summed E-state index contributed by atoms with van der Waals surface area (Å²) < 4.78 is 5.19. The molecule has 1 amide bonds. The second-order valence-corrected chi connectivity index (χ2v) is 7.01. The van der Waals surface area contributed by atoms with Gasteiger partial charge in [-0.1, -0.05) is 6.07 Å². The fourth-order valence-corrected chi connectivity index (χ4v) is 3.52. The van der Waals surface area contributed by atoms with Gasteiger partial charge in [0.05, 0.1) is 19.3 Å². The first kappa shape index (κ1) is 17.2. The molecule has 2 heterocycles. The molecule has 0 unspecified atom stereocenters. The van der Waals surface area contributed by atoms with Crippen LogP contribution in [-0.4, -0.2) is 91.3 Å². The van der Waals surface area contributed by atoms with Gasteiger partial charge in [0, 0.05) is 44.8 Å². The minimum atomic E-state index is -0.801. The molecule has 0 saturated carbocycles. The zero-order valence-electron chi connectivity index (χ0n) is 14.6. The Morgan fingerprint density at radius 2 is 2.00 bits per heavy atom. The number of aliphatic hydroxyl groups is 1. The molecule has 0 aliphatic carbocycles. The highest BCUT2D eigenvalue weighted by Crippen LogP contribution is 2.25. The lowest BCUT2D eigenvalue weighted by Gasteiger charge is -2.36. The summed E-state index contributed by atoms with van der Waals surface area (Å²) in [6.45, 7) is 5.65. The van der Waals surface area contributed by atoms with Crippen molar-refractivity contribution in [3.8, 4) is 5.75 Å². The highest BCUT2D eigenvalue weighted by molar-refractivity contribution is 5.94. The van der Waals surface area contributed by atoms with Crippen LogP contribution in [0.5, 0.6) is 5.75 Å². The molecule has 6 nitrogen and oxygen atoms in total. The number of carbonyl (C=O) groups is 1. The molecule has 1 N–H and O–H groups in total. The maximum absolute atomic E-state index is 12.7. The van der Waals surface area contributed by atoms with Gasteiger partial charge in [0.1, 0.15) is 5.75 Å². The van der Waals surface area contributed by atoms with Crippen molar-refractivity contribution in [3.05, 3.63) is 29.8 Å². The van der Waals surface area contributed by atoms with E-state index in [1.54, 1.807) is 24.1 Å². The fraction of sp³-hybridized carbons (Fsp3) is 0.611. The molecule has 0 bridgehead atoms. The number of β-amino-alcohol motifs (C(OH)–C–C–N with tert-alkyl or cyclic N) is 1. The Balaban J connectivity index is 1.60. The number of carbonyl (C=O) groups excluding carboxylic acids is 1. The summed E-state index contributed by atoms with van der Waals surface area (Å²) in [6.07, 6.45) is 0.634. The average molecular weight is 333 g/mol. The first-order chi connectivity index (χ1) is 11.5. The minimum Gasteiger partial charge on any atom is -0.497 e. The molecule has 0 aromatic heterocycles. The molecule has 2 saturated heterocycles. The summed E-state index contributed by atoms with van der Waals surface area (Å²) in [7, 11) is 3.71. The first-order valence-corrected chi connectivity index (χ1v) is 8.56. The monoisotopic (exact) mass is 333 g/mol. The van der Waals surface area contributed by atoms with Crippen LogP contribution in [-0.2, 0) is 0 Å². The summed E-state index contributed by atoms with van der Waals surface area (Å²) in [5.41, 5.74) is -0.192. The zero-order valence-corrected chi connectivity index (χ0v) is 14.6. The van der Waals surface area contributed by atoms with Crippen molar-refractivity contribution < 1.29 is 14.6 Å². The first-order valence-electron chi connectivity index (χ1n) is 8.56. The largest absolute Gasteiger partial charge is 0.497 e. The normalized spacial score (nSPS) is 25.9. The van der Waals surface area contributed by atoms with E-state index in [1.807, 2.05) is 12.1 Å². The lowest BCUT2D eigenvalue weighted by molar-refractivity contribution is 0.000525. The van der Waals surface area contributed by atoms with Gasteiger partial charge < -0.3 is 19.6 Å². The van der Waals surface area contributed by atoms with Crippen LogP contribution in [0, 0.1) is 0 Å². The van der Waals surface area contributed by atoms with Crippen molar-refractivity contribution in [3.63, 3.8) is 0 Å². The second kappa shape index (κ2) is 7.09. The van der Waals surface area contributed by atoms with Crippen molar-refractivity contribution in [2.24, 2.45) is 0 Å². The van der Waals surface area contributed by atoms with Crippen LogP contribution in [0.3, 0.4) is 0 Å². The van der Waals surface area contributed by atoms with Crippen LogP contribution >= 0.6 is 0 Å². The van der Waals surface area contributed by atoms with Gasteiger partial charge in [0.15, 0.2) is 0 Å². The molecule has 24 heavy (non-hydrogen) atoms. The summed E-state index contributed by atoms with van der Waals surface area (Å²) in [6, 6.07) is 7.19. The van der Waals surface area contributed by atoms with Crippen molar-refractivity contribution in [1.29, 1.82) is 0 Å². The second-order valence-electron chi connectivity index (χ2n) is 7.01. The Morgan fingerprint density at radius 3 is 2.71 bits per heavy atom. The summed E-state index contributed by atoms with van der Waals surface area (Å²) in [5.74, 6) is 0.635. The van der Waals surface area contributed by atoms with Gasteiger partial charge in [-0.15, -0.1) is 0 Å². The molecule has 132 valence electrons. The average Bonchev–Trinajstić information content (AvgIpc) is 2.98. The molecule has 2 aliphatic rings. The number of methoxy groups -OCH3 is 1. The third kappa shape index (κ3) is 3.88. The van der Waals surface area contributed by atoms with E-state index in [4.69, 9.17) is 4.74 Å². The molecular weight excluding hydrogens is 306 g/mol. The smallest absolute Gasteiger partial charge is 0.254 e. The van der Waals surface area contributed by atoms with Crippen molar-refractivity contribution in [2.75, 3.05) is 60.0 Å². The molecule has 3 rings (SSSR count). The number of nitrogens with zero attached hydrogens (tertiary/aromatic N) is 3. The van der Waals surface area contributed by atoms with Gasteiger partial charge in [-0.3, -0.25) is 9.69 Å². The van der Waals surface area contributed by atoms with Crippen molar-refractivity contribution in [2.45, 2.75) is 12.0 Å². The van der Waals surface area contributed by atoms with E-state index in [2.05, 4.69) is 16.8 Å². The van der Waals surface area contributed by atoms with E-state index in [9.17, 15) is 9.90 Å². The highest BCUT2D eigenvalue weighted by Gasteiger charge is 2.40. The standard InChI is InChI=1S/C18H27N3O3/c1-19-8-10-20(11-9-19)13-18(23)6-7-21(14-18)17(22)15-4-3-5-16(12-15)24-2/h3-5,12,23H,6-11,13-14H2,1-2H3/t18-/m1/s1. The third-order valence-electron chi connectivity index (χ3n) is 5.05. The lowest BCUT2D eigenvalue weighted by Crippen LogP contribution is -2.52. The molecule has 1 aromatic carbocycles. The number of likely N-dealkylation sites (tertiary alicyclic amines) is 1. The Labute approximate surface area is 143 Å². The van der Waals surface area contributed by atoms with Gasteiger partial charge >= 0.3 is 0 Å². The highest BCUT2D eigenvalue weighted by atomic mass is 16.5. The van der Waals surface area contributed by atoms with Gasteiger partial charge in [-0.2, -0.15) is 0 Å². The molecule has 0 radical (unpaired) electrons. The van der Waals surface area contributed by atoms with E-state index >= 15 is 0 Å². The van der Waals surface area contributed by atoms with E-state index < -0.39 is 5.60 Å². The van der Waals surface area contributed by atoms with Gasteiger partial charge in [0.2, 0.25) is 0 Å².